The maximum atomic E-state index is 11.4. The summed E-state index contributed by atoms with van der Waals surface area (Å²) in [5, 5.41) is 13.1. The Morgan fingerprint density at radius 2 is 1.81 bits per heavy atom. The summed E-state index contributed by atoms with van der Waals surface area (Å²) in [4.78, 5) is 25.2. The van der Waals surface area contributed by atoms with Crippen LogP contribution in [-0.2, 0) is 14.2 Å². The lowest BCUT2D eigenvalue weighted by Crippen LogP contribution is -2.34. The highest BCUT2D eigenvalue weighted by Crippen LogP contribution is 2.13. The summed E-state index contributed by atoms with van der Waals surface area (Å²) >= 11 is 0. The van der Waals surface area contributed by atoms with Crippen LogP contribution in [0.25, 0.3) is 0 Å². The van der Waals surface area contributed by atoms with Crippen molar-refractivity contribution in [1.82, 2.24) is 10.3 Å². The van der Waals surface area contributed by atoms with Crippen molar-refractivity contribution in [3.63, 3.8) is 0 Å². The molecule has 1 aromatic heterocycles. The highest BCUT2D eigenvalue weighted by molar-refractivity contribution is 5.67. The van der Waals surface area contributed by atoms with Gasteiger partial charge in [0.2, 0.25) is 5.88 Å². The number of nitro groups is 1. The standard InChI is InChI=1S/C16H25N3O7/c1-16(2,3)26-15(20)17-6-7-23-8-9-24-10-11-25-14-5-4-13(12-18-14)19(21)22/h4-5,12H,6-11H2,1-3H3,(H,17,20). The minimum Gasteiger partial charge on any atom is -0.475 e. The maximum Gasteiger partial charge on any atom is 0.407 e. The molecule has 0 aromatic carbocycles. The number of hydrogen-bond acceptors (Lipinski definition) is 8. The first-order valence-corrected chi connectivity index (χ1v) is 8.13. The number of carbonyl (C=O) groups excluding carboxylic acids is 1. The van der Waals surface area contributed by atoms with Crippen molar-refractivity contribution in [3.05, 3.63) is 28.4 Å². The third-order valence-electron chi connectivity index (χ3n) is 2.70. The average molecular weight is 371 g/mol. The minimum absolute atomic E-state index is 0.0908. The normalized spacial score (nSPS) is 11.0. The molecule has 0 bridgehead atoms. The molecule has 0 atom stereocenters. The first kappa shape index (κ1) is 21.6. The van der Waals surface area contributed by atoms with Gasteiger partial charge in [-0.2, -0.15) is 0 Å². The van der Waals surface area contributed by atoms with Gasteiger partial charge in [-0.1, -0.05) is 0 Å². The van der Waals surface area contributed by atoms with Gasteiger partial charge in [-0.3, -0.25) is 10.1 Å². The van der Waals surface area contributed by atoms with Gasteiger partial charge >= 0.3 is 6.09 Å². The molecule has 1 N–H and O–H groups in total. The van der Waals surface area contributed by atoms with Crippen LogP contribution in [-0.4, -0.2) is 61.2 Å². The Hall–Kier alpha value is -2.46. The van der Waals surface area contributed by atoms with E-state index in [1.165, 1.54) is 12.1 Å². The molecule has 0 unspecified atom stereocenters. The highest BCUT2D eigenvalue weighted by atomic mass is 16.6. The number of pyridine rings is 1. The van der Waals surface area contributed by atoms with Crippen molar-refractivity contribution >= 4 is 11.8 Å². The molecule has 1 amide bonds. The number of nitrogens with zero attached hydrogens (tertiary/aromatic N) is 2. The van der Waals surface area contributed by atoms with E-state index >= 15 is 0 Å². The Bertz CT molecular complexity index is 558. The third kappa shape index (κ3) is 10.4. The van der Waals surface area contributed by atoms with Crippen LogP contribution in [0.2, 0.25) is 0 Å². The van der Waals surface area contributed by atoms with E-state index in [-0.39, 0.29) is 12.3 Å². The number of hydrogen-bond donors (Lipinski definition) is 1. The van der Waals surface area contributed by atoms with E-state index < -0.39 is 16.6 Å². The summed E-state index contributed by atoms with van der Waals surface area (Å²) in [6, 6.07) is 2.75. The zero-order valence-corrected chi connectivity index (χ0v) is 15.2. The second-order valence-electron chi connectivity index (χ2n) is 6.11. The molecular weight excluding hydrogens is 346 g/mol. The lowest BCUT2D eigenvalue weighted by Gasteiger charge is -2.19. The fourth-order valence-electron chi connectivity index (χ4n) is 1.63. The van der Waals surface area contributed by atoms with E-state index in [1.807, 2.05) is 0 Å². The van der Waals surface area contributed by atoms with Crippen LogP contribution < -0.4 is 10.1 Å². The van der Waals surface area contributed by atoms with Crippen molar-refractivity contribution in [2.75, 3.05) is 39.6 Å². The third-order valence-corrected chi connectivity index (χ3v) is 2.70. The largest absolute Gasteiger partial charge is 0.475 e. The van der Waals surface area contributed by atoms with Gasteiger partial charge in [-0.05, 0) is 20.8 Å². The summed E-state index contributed by atoms with van der Waals surface area (Å²) in [5.74, 6) is 0.295. The van der Waals surface area contributed by atoms with E-state index in [9.17, 15) is 14.9 Å². The summed E-state index contributed by atoms with van der Waals surface area (Å²) in [6.07, 6.45) is 0.657. The Morgan fingerprint density at radius 1 is 1.15 bits per heavy atom. The molecule has 0 fully saturated rings. The number of aromatic nitrogens is 1. The number of alkyl carbamates (subject to hydrolysis) is 1. The van der Waals surface area contributed by atoms with Crippen LogP contribution in [0.5, 0.6) is 5.88 Å². The molecule has 0 radical (unpaired) electrons. The zero-order valence-electron chi connectivity index (χ0n) is 15.2. The molecule has 0 saturated carbocycles. The topological polar surface area (TPSA) is 122 Å². The van der Waals surface area contributed by atoms with Crippen LogP contribution in [0.1, 0.15) is 20.8 Å². The molecular formula is C16H25N3O7. The maximum absolute atomic E-state index is 11.4. The number of carbonyl (C=O) groups is 1. The van der Waals surface area contributed by atoms with Gasteiger partial charge in [0.1, 0.15) is 18.4 Å². The second kappa shape index (κ2) is 11.2. The van der Waals surface area contributed by atoms with Crippen molar-refractivity contribution in [2.24, 2.45) is 0 Å². The Morgan fingerprint density at radius 3 is 2.38 bits per heavy atom. The molecule has 10 nitrogen and oxygen atoms in total. The zero-order chi connectivity index (χ0) is 19.4. The van der Waals surface area contributed by atoms with E-state index in [2.05, 4.69) is 10.3 Å². The molecule has 0 aliphatic rings. The fourth-order valence-corrected chi connectivity index (χ4v) is 1.63. The Labute approximate surface area is 151 Å². The molecule has 146 valence electrons. The van der Waals surface area contributed by atoms with Gasteiger partial charge in [-0.25, -0.2) is 9.78 Å². The van der Waals surface area contributed by atoms with Crippen molar-refractivity contribution in [1.29, 1.82) is 0 Å². The lowest BCUT2D eigenvalue weighted by atomic mass is 10.2. The quantitative estimate of drug-likeness (QED) is 0.356. The van der Waals surface area contributed by atoms with E-state index in [1.54, 1.807) is 20.8 Å². The van der Waals surface area contributed by atoms with Gasteiger partial charge in [0, 0.05) is 18.7 Å². The number of ether oxygens (including phenoxy) is 4. The van der Waals surface area contributed by atoms with Gasteiger partial charge < -0.3 is 24.3 Å². The van der Waals surface area contributed by atoms with Crippen molar-refractivity contribution in [2.45, 2.75) is 26.4 Å². The van der Waals surface area contributed by atoms with Crippen LogP contribution in [0.3, 0.4) is 0 Å². The van der Waals surface area contributed by atoms with E-state index in [0.29, 0.717) is 38.9 Å². The predicted octanol–water partition coefficient (Wildman–Crippen LogP) is 1.93. The minimum atomic E-state index is -0.525. The van der Waals surface area contributed by atoms with E-state index in [0.717, 1.165) is 6.20 Å². The molecule has 10 heteroatoms. The molecule has 1 heterocycles. The molecule has 1 aromatic rings. The Balaban J connectivity index is 1.95. The van der Waals surface area contributed by atoms with Crippen LogP contribution in [0.4, 0.5) is 10.5 Å². The molecule has 0 aliphatic heterocycles. The van der Waals surface area contributed by atoms with Gasteiger partial charge in [0.25, 0.3) is 5.69 Å². The van der Waals surface area contributed by atoms with Gasteiger partial charge in [-0.15, -0.1) is 0 Å². The van der Waals surface area contributed by atoms with Crippen LogP contribution in [0.15, 0.2) is 18.3 Å². The number of nitrogens with one attached hydrogen (secondary N) is 1. The van der Waals surface area contributed by atoms with Crippen molar-refractivity contribution < 1.29 is 28.7 Å². The number of rotatable bonds is 11. The summed E-state index contributed by atoms with van der Waals surface area (Å²) < 4.78 is 21.0. The Kier molecular flexibility index (Phi) is 9.31. The number of amides is 1. The first-order valence-electron chi connectivity index (χ1n) is 8.13. The SMILES string of the molecule is CC(C)(C)OC(=O)NCCOCCOCCOc1ccc([N+](=O)[O-])cn1. The molecule has 0 saturated heterocycles. The second-order valence-corrected chi connectivity index (χ2v) is 6.11. The van der Waals surface area contributed by atoms with Crippen LogP contribution >= 0.6 is 0 Å². The summed E-state index contributed by atoms with van der Waals surface area (Å²) in [5.41, 5.74) is -0.614. The summed E-state index contributed by atoms with van der Waals surface area (Å²) in [6.45, 7) is 7.44. The average Bonchev–Trinajstić information content (AvgIpc) is 2.55. The highest BCUT2D eigenvalue weighted by Gasteiger charge is 2.15. The van der Waals surface area contributed by atoms with Crippen LogP contribution in [0, 0.1) is 10.1 Å². The molecule has 0 spiro atoms. The predicted molar refractivity (Wildman–Crippen MR) is 92.3 cm³/mol. The molecule has 26 heavy (non-hydrogen) atoms. The van der Waals surface area contributed by atoms with E-state index in [4.69, 9.17) is 18.9 Å². The molecule has 1 rings (SSSR count). The van der Waals surface area contributed by atoms with Gasteiger partial charge in [0.05, 0.1) is 31.4 Å². The lowest BCUT2D eigenvalue weighted by molar-refractivity contribution is -0.385. The fraction of sp³-hybridized carbons (Fsp3) is 0.625. The smallest absolute Gasteiger partial charge is 0.407 e. The summed E-state index contributed by atoms with van der Waals surface area (Å²) in [7, 11) is 0. The monoisotopic (exact) mass is 371 g/mol. The van der Waals surface area contributed by atoms with Gasteiger partial charge in [0.15, 0.2) is 0 Å². The first-order chi connectivity index (χ1) is 12.3. The molecule has 0 aliphatic carbocycles. The van der Waals surface area contributed by atoms with Crippen molar-refractivity contribution in [3.8, 4) is 5.88 Å².